The number of nitrogens with one attached hydrogen (secondary N) is 3. The number of esters is 1. The molecule has 0 spiro atoms. The summed E-state index contributed by atoms with van der Waals surface area (Å²) in [7, 11) is 0. The van der Waals surface area contributed by atoms with Crippen LogP contribution in [0, 0.1) is 13.8 Å². The number of benzene rings is 1. The maximum absolute atomic E-state index is 12.4. The molecule has 1 fully saturated rings. The van der Waals surface area contributed by atoms with Gasteiger partial charge >= 0.3 is 5.97 Å². The fraction of sp³-hybridized carbons (Fsp3) is 0.357. The Balaban J connectivity index is 1.36. The summed E-state index contributed by atoms with van der Waals surface area (Å²) in [6.07, 6.45) is 5.19. The average molecular weight is 500 g/mol. The van der Waals surface area contributed by atoms with Crippen LogP contribution in [0.1, 0.15) is 52.9 Å². The normalized spacial score (nSPS) is 15.4. The summed E-state index contributed by atoms with van der Waals surface area (Å²) in [5.74, 6) is 1.23. The zero-order valence-corrected chi connectivity index (χ0v) is 21.5. The van der Waals surface area contributed by atoms with Crippen molar-refractivity contribution in [3.05, 3.63) is 83.2 Å². The van der Waals surface area contributed by atoms with Gasteiger partial charge in [-0.3, -0.25) is 15.0 Å². The fourth-order valence-electron chi connectivity index (χ4n) is 5.12. The van der Waals surface area contributed by atoms with Crippen molar-refractivity contribution in [1.29, 1.82) is 0 Å². The molecule has 0 amide bonds. The Morgan fingerprint density at radius 2 is 1.84 bits per heavy atom. The molecule has 1 aliphatic heterocycles. The molecule has 4 heterocycles. The Morgan fingerprint density at radius 1 is 1.11 bits per heavy atom. The van der Waals surface area contributed by atoms with Gasteiger partial charge in [-0.1, -0.05) is 18.2 Å². The largest absolute Gasteiger partial charge is 0.462 e. The van der Waals surface area contributed by atoms with Crippen LogP contribution in [0.5, 0.6) is 0 Å². The van der Waals surface area contributed by atoms with Crippen LogP contribution in [-0.2, 0) is 16.8 Å². The summed E-state index contributed by atoms with van der Waals surface area (Å²) in [6, 6.07) is 14.1. The van der Waals surface area contributed by atoms with Crippen molar-refractivity contribution in [1.82, 2.24) is 30.0 Å². The monoisotopic (exact) mass is 499 g/mol. The second-order valence-electron chi connectivity index (χ2n) is 9.54. The zero-order valence-electron chi connectivity index (χ0n) is 21.5. The van der Waals surface area contributed by atoms with E-state index >= 15 is 0 Å². The SMILES string of the molecule is CCOC(=O)c1c(C)[nH]c(CN2CCC(Nc3ccccc3)(c3nc(-c4ccncc4)n[nH]3)CC2)c1C. The van der Waals surface area contributed by atoms with E-state index in [0.29, 0.717) is 18.0 Å². The molecule has 3 aromatic heterocycles. The number of para-hydroxylation sites is 1. The molecule has 5 rings (SSSR count). The number of aryl methyl sites for hydroxylation is 1. The number of H-pyrrole nitrogens is 2. The highest BCUT2D eigenvalue weighted by Gasteiger charge is 2.39. The summed E-state index contributed by atoms with van der Waals surface area (Å²) in [5.41, 5.74) is 5.13. The number of nitrogens with zero attached hydrogens (tertiary/aromatic N) is 4. The number of hydrogen-bond donors (Lipinski definition) is 3. The Hall–Kier alpha value is -3.98. The predicted octanol–water partition coefficient (Wildman–Crippen LogP) is 4.59. The van der Waals surface area contributed by atoms with Crippen molar-refractivity contribution in [2.45, 2.75) is 45.7 Å². The number of rotatable bonds is 8. The molecular formula is C28H33N7O2. The summed E-state index contributed by atoms with van der Waals surface area (Å²) in [5, 5.41) is 11.5. The molecule has 37 heavy (non-hydrogen) atoms. The van der Waals surface area contributed by atoms with Crippen LogP contribution in [-0.4, -0.2) is 55.7 Å². The first kappa shape index (κ1) is 24.7. The van der Waals surface area contributed by atoms with Gasteiger partial charge < -0.3 is 15.0 Å². The van der Waals surface area contributed by atoms with Gasteiger partial charge in [0.05, 0.1) is 17.7 Å². The van der Waals surface area contributed by atoms with E-state index in [4.69, 9.17) is 9.72 Å². The lowest BCUT2D eigenvalue weighted by Gasteiger charge is -2.41. The number of ether oxygens (including phenoxy) is 1. The number of pyridine rings is 1. The minimum Gasteiger partial charge on any atom is -0.462 e. The number of hydrogen-bond acceptors (Lipinski definition) is 7. The molecule has 1 aliphatic rings. The Bertz CT molecular complexity index is 1340. The molecule has 192 valence electrons. The summed E-state index contributed by atoms with van der Waals surface area (Å²) >= 11 is 0. The lowest BCUT2D eigenvalue weighted by Crippen LogP contribution is -2.47. The lowest BCUT2D eigenvalue weighted by atomic mass is 9.86. The third-order valence-electron chi connectivity index (χ3n) is 7.15. The van der Waals surface area contributed by atoms with Crippen molar-refractivity contribution < 1.29 is 9.53 Å². The van der Waals surface area contributed by atoms with Gasteiger partial charge in [0.1, 0.15) is 0 Å². The topological polar surface area (TPSA) is 112 Å². The molecule has 3 N–H and O–H groups in total. The van der Waals surface area contributed by atoms with Gasteiger partial charge in [0.2, 0.25) is 0 Å². The van der Waals surface area contributed by atoms with E-state index in [-0.39, 0.29) is 11.5 Å². The van der Waals surface area contributed by atoms with E-state index < -0.39 is 0 Å². The van der Waals surface area contributed by atoms with Crippen LogP contribution in [0.3, 0.4) is 0 Å². The van der Waals surface area contributed by atoms with Gasteiger partial charge in [-0.05, 0) is 63.4 Å². The van der Waals surface area contributed by atoms with E-state index in [9.17, 15) is 4.79 Å². The molecule has 0 saturated carbocycles. The van der Waals surface area contributed by atoms with Crippen LogP contribution in [0.2, 0.25) is 0 Å². The molecule has 0 aliphatic carbocycles. The molecule has 0 bridgehead atoms. The predicted molar refractivity (Wildman–Crippen MR) is 142 cm³/mol. The third kappa shape index (κ3) is 5.13. The molecule has 4 aromatic rings. The van der Waals surface area contributed by atoms with E-state index in [0.717, 1.165) is 66.5 Å². The first-order valence-electron chi connectivity index (χ1n) is 12.7. The summed E-state index contributed by atoms with van der Waals surface area (Å²) in [4.78, 5) is 27.3. The number of likely N-dealkylation sites (tertiary alicyclic amines) is 1. The molecular weight excluding hydrogens is 466 g/mol. The standard InChI is InChI=1S/C28H33N7O2/c1-4-37-26(36)24-19(2)23(30-20(24)3)18-35-16-12-28(13-17-35,32-22-8-6-5-7-9-22)27-31-25(33-34-27)21-10-14-29-15-11-21/h5-11,14-15,30,32H,4,12-13,16-18H2,1-3H3,(H,31,33,34). The minimum atomic E-state index is -0.382. The maximum atomic E-state index is 12.4. The van der Waals surface area contributed by atoms with E-state index in [1.54, 1.807) is 12.4 Å². The number of aromatic amines is 2. The van der Waals surface area contributed by atoms with E-state index in [1.807, 2.05) is 51.1 Å². The fourth-order valence-corrected chi connectivity index (χ4v) is 5.12. The number of aromatic nitrogens is 5. The number of piperidine rings is 1. The molecule has 9 heteroatoms. The molecule has 0 atom stereocenters. The number of carbonyl (C=O) groups is 1. The minimum absolute atomic E-state index is 0.264. The van der Waals surface area contributed by atoms with Crippen molar-refractivity contribution in [3.8, 4) is 11.4 Å². The van der Waals surface area contributed by atoms with Crippen LogP contribution in [0.25, 0.3) is 11.4 Å². The molecule has 1 aromatic carbocycles. The molecule has 0 radical (unpaired) electrons. The molecule has 9 nitrogen and oxygen atoms in total. The highest BCUT2D eigenvalue weighted by atomic mass is 16.5. The average Bonchev–Trinajstić information content (AvgIpc) is 3.52. The Kier molecular flexibility index (Phi) is 7.05. The smallest absolute Gasteiger partial charge is 0.340 e. The maximum Gasteiger partial charge on any atom is 0.340 e. The molecule has 1 saturated heterocycles. The van der Waals surface area contributed by atoms with Gasteiger partial charge in [0, 0.05) is 54.7 Å². The van der Waals surface area contributed by atoms with E-state index in [1.165, 1.54) is 0 Å². The first-order valence-corrected chi connectivity index (χ1v) is 12.7. The van der Waals surface area contributed by atoms with Crippen molar-refractivity contribution >= 4 is 11.7 Å². The first-order chi connectivity index (χ1) is 18.0. The third-order valence-corrected chi connectivity index (χ3v) is 7.15. The van der Waals surface area contributed by atoms with Gasteiger partial charge in [-0.2, -0.15) is 5.10 Å². The van der Waals surface area contributed by atoms with Gasteiger partial charge in [-0.15, -0.1) is 0 Å². The highest BCUT2D eigenvalue weighted by molar-refractivity contribution is 5.92. The van der Waals surface area contributed by atoms with Crippen LogP contribution in [0.4, 0.5) is 5.69 Å². The van der Waals surface area contributed by atoms with Gasteiger partial charge in [-0.25, -0.2) is 9.78 Å². The van der Waals surface area contributed by atoms with Crippen molar-refractivity contribution in [2.24, 2.45) is 0 Å². The second-order valence-corrected chi connectivity index (χ2v) is 9.54. The van der Waals surface area contributed by atoms with E-state index in [2.05, 4.69) is 42.5 Å². The highest BCUT2D eigenvalue weighted by Crippen LogP contribution is 2.36. The van der Waals surface area contributed by atoms with Crippen LogP contribution >= 0.6 is 0 Å². The Labute approximate surface area is 216 Å². The van der Waals surface area contributed by atoms with Crippen LogP contribution in [0.15, 0.2) is 54.9 Å². The second kappa shape index (κ2) is 10.6. The van der Waals surface area contributed by atoms with Crippen LogP contribution < -0.4 is 5.32 Å². The van der Waals surface area contributed by atoms with Crippen molar-refractivity contribution in [3.63, 3.8) is 0 Å². The quantitative estimate of drug-likeness (QED) is 0.304. The number of carbonyl (C=O) groups excluding carboxylic acids is 1. The van der Waals surface area contributed by atoms with Crippen molar-refractivity contribution in [2.75, 3.05) is 25.0 Å². The number of anilines is 1. The molecule has 0 unspecified atom stereocenters. The zero-order chi connectivity index (χ0) is 25.8. The van der Waals surface area contributed by atoms with Gasteiger partial charge in [0.25, 0.3) is 0 Å². The Morgan fingerprint density at radius 3 is 2.54 bits per heavy atom. The van der Waals surface area contributed by atoms with Gasteiger partial charge in [0.15, 0.2) is 11.6 Å². The summed E-state index contributed by atoms with van der Waals surface area (Å²) in [6.45, 7) is 8.57. The lowest BCUT2D eigenvalue weighted by molar-refractivity contribution is 0.0525. The summed E-state index contributed by atoms with van der Waals surface area (Å²) < 4.78 is 5.26.